The molecule has 0 bridgehead atoms. The van der Waals surface area contributed by atoms with Gasteiger partial charge in [0.25, 0.3) is 0 Å². The van der Waals surface area contributed by atoms with Gasteiger partial charge >= 0.3 is 0 Å². The molecule has 4 N–H and O–H groups in total. The van der Waals surface area contributed by atoms with E-state index in [9.17, 15) is 18.3 Å². The molecule has 0 saturated carbocycles. The van der Waals surface area contributed by atoms with E-state index in [0.29, 0.717) is 17.5 Å². The van der Waals surface area contributed by atoms with Crippen molar-refractivity contribution >= 4 is 56.0 Å². The molecule has 186 valence electrons. The first-order valence-electron chi connectivity index (χ1n) is 10.8. The Morgan fingerprint density at radius 3 is 2.72 bits per heavy atom. The molecule has 4 heterocycles. The summed E-state index contributed by atoms with van der Waals surface area (Å²) >= 11 is 3.05. The summed E-state index contributed by atoms with van der Waals surface area (Å²) < 4.78 is 52.4. The van der Waals surface area contributed by atoms with Crippen LogP contribution in [0.4, 0.5) is 14.5 Å². The van der Waals surface area contributed by atoms with E-state index in [4.69, 9.17) is 0 Å². The molecule has 4 aromatic heterocycles. The summed E-state index contributed by atoms with van der Waals surface area (Å²) in [5.74, 6) is -3.15. The van der Waals surface area contributed by atoms with Crippen LogP contribution in [0.25, 0.3) is 31.4 Å². The topological polar surface area (TPSA) is 111 Å². The molecule has 7 nitrogen and oxygen atoms in total. The van der Waals surface area contributed by atoms with E-state index in [2.05, 4.69) is 19.7 Å². The zero-order chi connectivity index (χ0) is 25.4. The molecule has 0 atom stereocenters. The van der Waals surface area contributed by atoms with Crippen molar-refractivity contribution in [2.75, 3.05) is 10.5 Å². The molecule has 0 aliphatic rings. The van der Waals surface area contributed by atoms with Crippen LogP contribution in [0, 0.1) is 11.6 Å². The number of thiazole rings is 1. The lowest BCUT2D eigenvalue weighted by Crippen LogP contribution is -2.16. The third kappa shape index (κ3) is 4.65. The van der Waals surface area contributed by atoms with Crippen LogP contribution in [0.3, 0.4) is 0 Å². The Hall–Kier alpha value is -3.16. The van der Waals surface area contributed by atoms with Gasteiger partial charge in [-0.2, -0.15) is 0 Å². The second-order valence-electron chi connectivity index (χ2n) is 7.91. The number of thiophene rings is 1. The van der Waals surface area contributed by atoms with Crippen molar-refractivity contribution in [1.29, 1.82) is 0 Å². The number of aromatic nitrogens is 3. The van der Waals surface area contributed by atoms with Crippen LogP contribution in [0.5, 0.6) is 0 Å². The summed E-state index contributed by atoms with van der Waals surface area (Å²) in [4.78, 5) is 26.8. The number of rotatable bonds is 8. The smallest absolute Gasteiger partial charge is 0.201 e. The maximum Gasteiger partial charge on any atom is 0.201 e. The van der Waals surface area contributed by atoms with Gasteiger partial charge in [-0.25, -0.2) is 18.7 Å². The number of halogens is 2. The number of pyridine rings is 1. The van der Waals surface area contributed by atoms with Gasteiger partial charge < -0.3 is 4.98 Å². The molecule has 0 spiro atoms. The minimum Gasteiger partial charge on any atom is -0.345 e. The molecule has 0 amide bonds. The van der Waals surface area contributed by atoms with Gasteiger partial charge in [0.1, 0.15) is 16.5 Å². The molecule has 12 heteroatoms. The number of carbonyl (C=O) groups excluding carboxylic acids is 1. The number of hydrogen-bond acceptors (Lipinski definition) is 8. The van der Waals surface area contributed by atoms with E-state index < -0.39 is 33.8 Å². The molecule has 36 heavy (non-hydrogen) atoms. The van der Waals surface area contributed by atoms with Crippen LogP contribution < -0.4 is 4.72 Å². The lowest BCUT2D eigenvalue weighted by molar-refractivity contribution is 0.103. The van der Waals surface area contributed by atoms with Crippen molar-refractivity contribution in [3.8, 4) is 20.3 Å². The number of anilines is 1. The number of carbonyl (C=O) groups is 1. The van der Waals surface area contributed by atoms with E-state index in [1.807, 2.05) is 17.5 Å². The number of nitrogens with one attached hydrogen (secondary N) is 2. The molecule has 0 unspecified atom stereocenters. The Morgan fingerprint density at radius 2 is 1.97 bits per heavy atom. The average molecular weight is 547 g/mol. The highest BCUT2D eigenvalue weighted by Crippen LogP contribution is 2.41. The summed E-state index contributed by atoms with van der Waals surface area (Å²) in [7, 11) is -3.34. The Morgan fingerprint density at radius 1 is 1.17 bits per heavy atom. The maximum absolute atomic E-state index is 15.3. The van der Waals surface area contributed by atoms with Crippen LogP contribution in [0.15, 0.2) is 54.3 Å². The van der Waals surface area contributed by atoms with Crippen LogP contribution in [-0.4, -0.2) is 35.6 Å². The molecule has 0 aliphatic heterocycles. The van der Waals surface area contributed by atoms with Gasteiger partial charge in [0.15, 0.2) is 5.82 Å². The lowest BCUT2D eigenvalue weighted by atomic mass is 10.0. The summed E-state index contributed by atoms with van der Waals surface area (Å²) in [6.45, 7) is 1.74. The lowest BCUT2D eigenvalue weighted by Gasteiger charge is -2.33. The highest BCUT2D eigenvalue weighted by Gasteiger charge is 2.26. The molecule has 0 saturated heterocycles. The van der Waals surface area contributed by atoms with Crippen molar-refractivity contribution in [3.05, 3.63) is 77.1 Å². The number of hydrogen-bond donors (Lipinski definition) is 4. The minimum atomic E-state index is -3.34. The molecular formula is C24H20F2N4O3S3. The molecule has 5 aromatic rings. The highest BCUT2D eigenvalue weighted by atomic mass is 32.3. The number of ketones is 1. The third-order valence-electron chi connectivity index (χ3n) is 5.39. The fourth-order valence-corrected chi connectivity index (χ4v) is 6.65. The monoisotopic (exact) mass is 546 g/mol. The largest absolute Gasteiger partial charge is 0.345 e. The maximum atomic E-state index is 15.3. The number of nitrogens with zero attached hydrogens (tertiary/aromatic N) is 2. The summed E-state index contributed by atoms with van der Waals surface area (Å²) in [5.41, 5.74) is 0.0337. The number of H-pyrrole nitrogens is 1. The van der Waals surface area contributed by atoms with Gasteiger partial charge in [0.2, 0.25) is 5.78 Å². The molecule has 0 fully saturated rings. The first-order valence-corrected chi connectivity index (χ1v) is 14.2. The van der Waals surface area contributed by atoms with Crippen molar-refractivity contribution < 1.29 is 22.7 Å². The quantitative estimate of drug-likeness (QED) is 0.151. The molecule has 0 aliphatic carbocycles. The van der Waals surface area contributed by atoms with E-state index in [-0.39, 0.29) is 17.0 Å². The SMILES string of the molecule is CCCS(O)(O)Nc1ccc(F)c(C(=O)c2c[nH]c3ncc(-c4ccc(-c5nccs5)s4)cc23)c1F. The average Bonchev–Trinajstić information content (AvgIpc) is 3.60. The second-order valence-corrected chi connectivity index (χ2v) is 11.8. The number of benzene rings is 1. The van der Waals surface area contributed by atoms with Gasteiger partial charge in [-0.15, -0.1) is 33.4 Å². The van der Waals surface area contributed by atoms with Gasteiger partial charge in [-0.1, -0.05) is 6.92 Å². The second kappa shape index (κ2) is 9.71. The summed E-state index contributed by atoms with van der Waals surface area (Å²) in [6, 6.07) is 7.60. The van der Waals surface area contributed by atoms with Crippen molar-refractivity contribution in [1.82, 2.24) is 15.0 Å². The zero-order valence-corrected chi connectivity index (χ0v) is 21.2. The van der Waals surface area contributed by atoms with E-state index in [0.717, 1.165) is 32.5 Å². The Balaban J connectivity index is 1.52. The van der Waals surface area contributed by atoms with Crippen LogP contribution in [-0.2, 0) is 0 Å². The molecular weight excluding hydrogens is 526 g/mol. The normalized spacial score (nSPS) is 12.2. The molecule has 5 rings (SSSR count). The summed E-state index contributed by atoms with van der Waals surface area (Å²) in [6.07, 6.45) is 5.20. The van der Waals surface area contributed by atoms with Crippen molar-refractivity contribution in [3.63, 3.8) is 0 Å². The van der Waals surface area contributed by atoms with E-state index in [1.165, 1.54) is 28.9 Å². The van der Waals surface area contributed by atoms with Crippen molar-refractivity contribution in [2.45, 2.75) is 13.3 Å². The van der Waals surface area contributed by atoms with Gasteiger partial charge in [-0.3, -0.25) is 18.6 Å². The third-order valence-corrected chi connectivity index (χ3v) is 8.99. The Labute approximate surface area is 214 Å². The van der Waals surface area contributed by atoms with Crippen LogP contribution in [0.2, 0.25) is 0 Å². The fraction of sp³-hybridized carbons (Fsp3) is 0.125. The number of fused-ring (bicyclic) bond motifs is 1. The van der Waals surface area contributed by atoms with Gasteiger partial charge in [0, 0.05) is 45.4 Å². The van der Waals surface area contributed by atoms with Gasteiger partial charge in [0.05, 0.1) is 21.9 Å². The highest BCUT2D eigenvalue weighted by molar-refractivity contribution is 8.25. The van der Waals surface area contributed by atoms with Crippen LogP contribution in [0.1, 0.15) is 29.3 Å². The van der Waals surface area contributed by atoms with Gasteiger partial charge in [-0.05, 0) is 36.8 Å². The standard InChI is InChI=1S/C24H20F2N4O3S3/c1-2-9-36(32,33)30-17-4-3-16(25)20(21(17)26)22(31)15-12-29-23-14(15)10-13(11-28-23)18-5-6-19(35-18)24-27-7-8-34-24/h3-8,10-12,30,32-33H,2,9H2,1H3,(H,28,29). The van der Waals surface area contributed by atoms with Crippen LogP contribution >= 0.6 is 33.4 Å². The molecule has 1 aromatic carbocycles. The zero-order valence-electron chi connectivity index (χ0n) is 18.8. The predicted octanol–water partition coefficient (Wildman–Crippen LogP) is 7.41. The Kier molecular flexibility index (Phi) is 6.62. The predicted molar refractivity (Wildman–Crippen MR) is 142 cm³/mol. The fourth-order valence-electron chi connectivity index (χ4n) is 3.76. The molecule has 0 radical (unpaired) electrons. The minimum absolute atomic E-state index is 0.0169. The summed E-state index contributed by atoms with van der Waals surface area (Å²) in [5, 5.41) is 3.21. The first-order chi connectivity index (χ1) is 17.3. The van der Waals surface area contributed by atoms with E-state index >= 15 is 4.39 Å². The first kappa shape index (κ1) is 24.5. The van der Waals surface area contributed by atoms with Crippen molar-refractivity contribution in [2.24, 2.45) is 0 Å². The van der Waals surface area contributed by atoms with E-state index in [1.54, 1.807) is 25.4 Å². The Bertz CT molecular complexity index is 1560. The number of aromatic amines is 1.